The molecule has 4 rings (SSSR count). The van der Waals surface area contributed by atoms with Crippen LogP contribution in [0.1, 0.15) is 12.5 Å². The molecule has 0 aliphatic heterocycles. The van der Waals surface area contributed by atoms with Crippen LogP contribution in [0, 0.1) is 11.8 Å². The fourth-order valence-corrected chi connectivity index (χ4v) is 3.10. The van der Waals surface area contributed by atoms with Gasteiger partial charge < -0.3 is 10.0 Å². The molecule has 8 heteroatoms. The van der Waals surface area contributed by atoms with Crippen molar-refractivity contribution in [1.29, 1.82) is 0 Å². The Morgan fingerprint density at radius 2 is 2.10 bits per heavy atom. The summed E-state index contributed by atoms with van der Waals surface area (Å²) in [4.78, 5) is 6.55. The van der Waals surface area contributed by atoms with Gasteiger partial charge in [0.15, 0.2) is 5.60 Å². The highest BCUT2D eigenvalue weighted by atomic mass is 35.5. The van der Waals surface area contributed by atoms with Crippen LogP contribution in [0.15, 0.2) is 48.8 Å². The van der Waals surface area contributed by atoms with Gasteiger partial charge in [0.1, 0.15) is 18.8 Å². The molecule has 0 bridgehead atoms. The molecule has 2 heterocycles. The largest absolute Gasteiger partial charge is 0.375 e. The number of aromatic nitrogens is 4. The number of hydrogen-bond acceptors (Lipinski definition) is 5. The van der Waals surface area contributed by atoms with E-state index in [1.807, 2.05) is 42.3 Å². The minimum Gasteiger partial charge on any atom is -0.375 e. The van der Waals surface area contributed by atoms with E-state index in [1.54, 1.807) is 22.9 Å². The number of aliphatic hydroxyl groups is 1. The Hall–Kier alpha value is -3.21. The lowest BCUT2D eigenvalue weighted by atomic mass is 10.1. The fraction of sp³-hybridized carbons (Fsp3) is 0.190. The first kappa shape index (κ1) is 19.1. The summed E-state index contributed by atoms with van der Waals surface area (Å²) in [6, 6.07) is 12.9. The third-order valence-corrected chi connectivity index (χ3v) is 4.72. The Kier molecular flexibility index (Phi) is 4.82. The van der Waals surface area contributed by atoms with Crippen molar-refractivity contribution in [3.63, 3.8) is 0 Å². The van der Waals surface area contributed by atoms with Crippen LogP contribution in [0.2, 0.25) is 5.02 Å². The van der Waals surface area contributed by atoms with E-state index in [4.69, 9.17) is 11.6 Å². The van der Waals surface area contributed by atoms with Gasteiger partial charge in [-0.1, -0.05) is 29.5 Å². The van der Waals surface area contributed by atoms with Gasteiger partial charge in [0.2, 0.25) is 0 Å². The molecular weight excluding hydrogens is 393 g/mol. The highest BCUT2D eigenvalue weighted by molar-refractivity contribution is 6.31. The molecule has 0 fully saturated rings. The number of anilines is 2. The minimum absolute atomic E-state index is 0.455. The molecule has 0 saturated carbocycles. The lowest BCUT2D eigenvalue weighted by molar-refractivity contribution is 0.0905. The van der Waals surface area contributed by atoms with E-state index >= 15 is 0 Å². The van der Waals surface area contributed by atoms with Crippen molar-refractivity contribution >= 4 is 39.8 Å². The summed E-state index contributed by atoms with van der Waals surface area (Å²) in [6.45, 7) is 0.404. The molecule has 4 aromatic rings. The monoisotopic (exact) mass is 409 g/mol. The molecule has 1 N–H and O–H groups in total. The first-order chi connectivity index (χ1) is 13.9. The Morgan fingerprint density at radius 3 is 2.90 bits per heavy atom. The van der Waals surface area contributed by atoms with Crippen LogP contribution in [0.25, 0.3) is 16.7 Å². The summed E-state index contributed by atoms with van der Waals surface area (Å²) in [6.07, 6.45) is 1.59. The third kappa shape index (κ3) is 3.73. The molecule has 29 heavy (non-hydrogen) atoms. The van der Waals surface area contributed by atoms with Crippen molar-refractivity contribution in [2.75, 3.05) is 18.6 Å². The average molecular weight is 410 g/mol. The van der Waals surface area contributed by atoms with Crippen molar-refractivity contribution < 1.29 is 9.50 Å². The van der Waals surface area contributed by atoms with Crippen LogP contribution in [0.5, 0.6) is 0 Å². The first-order valence-corrected chi connectivity index (χ1v) is 9.20. The number of nitrogens with zero attached hydrogens (tertiary/aromatic N) is 5. The molecule has 0 aliphatic rings. The molecule has 0 spiro atoms. The van der Waals surface area contributed by atoms with Gasteiger partial charge in [-0.25, -0.2) is 4.39 Å². The van der Waals surface area contributed by atoms with Gasteiger partial charge in [0.05, 0.1) is 5.52 Å². The Balaban J connectivity index is 1.81. The van der Waals surface area contributed by atoms with Gasteiger partial charge in [-0.3, -0.25) is 4.40 Å². The molecule has 2 aromatic heterocycles. The Bertz CT molecular complexity index is 1270. The number of rotatable bonds is 3. The number of fused-ring (bicyclic) bond motifs is 3. The summed E-state index contributed by atoms with van der Waals surface area (Å²) < 4.78 is 14.6. The van der Waals surface area contributed by atoms with Gasteiger partial charge >= 0.3 is 0 Å². The summed E-state index contributed by atoms with van der Waals surface area (Å²) in [5, 5.41) is 19.2. The number of benzene rings is 2. The quantitative estimate of drug-likeness (QED) is 0.522. The van der Waals surface area contributed by atoms with Crippen LogP contribution in [-0.2, 0) is 0 Å². The molecule has 0 saturated heterocycles. The smallest absolute Gasteiger partial charge is 0.257 e. The van der Waals surface area contributed by atoms with Gasteiger partial charge in [0.25, 0.3) is 5.78 Å². The van der Waals surface area contributed by atoms with Gasteiger partial charge in [-0.05, 0) is 43.3 Å². The van der Waals surface area contributed by atoms with Crippen LogP contribution >= 0.6 is 11.6 Å². The molecule has 2 aromatic carbocycles. The molecule has 6 nitrogen and oxygen atoms in total. The lowest BCUT2D eigenvalue weighted by Gasteiger charge is -2.21. The second kappa shape index (κ2) is 7.32. The first-order valence-electron chi connectivity index (χ1n) is 8.82. The molecule has 146 valence electrons. The van der Waals surface area contributed by atoms with Crippen molar-refractivity contribution in [2.45, 2.75) is 12.5 Å². The van der Waals surface area contributed by atoms with Crippen molar-refractivity contribution in [3.05, 3.63) is 59.4 Å². The molecule has 0 aliphatic carbocycles. The minimum atomic E-state index is -1.67. The molecule has 0 amide bonds. The second-order valence-electron chi connectivity index (χ2n) is 6.86. The summed E-state index contributed by atoms with van der Waals surface area (Å²) in [7, 11) is 1.88. The average Bonchev–Trinajstić information content (AvgIpc) is 3.20. The zero-order chi connectivity index (χ0) is 20.6. The highest BCUT2D eigenvalue weighted by Gasteiger charge is 2.17. The predicted molar refractivity (Wildman–Crippen MR) is 111 cm³/mol. The van der Waals surface area contributed by atoms with E-state index in [0.29, 0.717) is 22.2 Å². The van der Waals surface area contributed by atoms with E-state index in [2.05, 4.69) is 27.0 Å². The Labute approximate surface area is 171 Å². The van der Waals surface area contributed by atoms with E-state index < -0.39 is 12.3 Å². The molecular formula is C21H17ClFN5O. The number of hydrogen-bond donors (Lipinski definition) is 1. The third-order valence-electron chi connectivity index (χ3n) is 4.48. The van der Waals surface area contributed by atoms with E-state index in [-0.39, 0.29) is 0 Å². The van der Waals surface area contributed by atoms with Gasteiger partial charge in [-0.2, -0.15) is 4.98 Å². The van der Waals surface area contributed by atoms with Crippen molar-refractivity contribution in [3.8, 4) is 11.8 Å². The lowest BCUT2D eigenvalue weighted by Crippen LogP contribution is -2.23. The van der Waals surface area contributed by atoms with Crippen molar-refractivity contribution in [2.24, 2.45) is 0 Å². The second-order valence-corrected chi connectivity index (χ2v) is 7.30. The Morgan fingerprint density at radius 1 is 1.28 bits per heavy atom. The summed E-state index contributed by atoms with van der Waals surface area (Å²) in [5.41, 5.74) is 0.644. The van der Waals surface area contributed by atoms with Gasteiger partial charge in [0, 0.05) is 28.7 Å². The summed E-state index contributed by atoms with van der Waals surface area (Å²) in [5.74, 6) is 6.50. The fourth-order valence-electron chi connectivity index (χ4n) is 2.93. The zero-order valence-electron chi connectivity index (χ0n) is 15.8. The van der Waals surface area contributed by atoms with Gasteiger partial charge in [-0.15, -0.1) is 10.2 Å². The SMILES string of the molecule is CN(c1cccc(C#C[C@@](C)(O)CF)c1)c1nc2nncn2c2cc(Cl)ccc12. The summed E-state index contributed by atoms with van der Waals surface area (Å²) >= 11 is 6.19. The maximum atomic E-state index is 12.8. The van der Waals surface area contributed by atoms with E-state index in [1.165, 1.54) is 6.92 Å². The topological polar surface area (TPSA) is 66.5 Å². The maximum absolute atomic E-state index is 12.8. The standard InChI is InChI=1S/C21H17ClFN5O/c1-21(29,12-23)9-8-14-4-3-5-16(10-14)27(2)19-17-7-6-15(22)11-18(17)28-13-24-26-20(28)25-19/h3-7,10-11,13,29H,12H2,1-2H3/t21-/m1/s1. The van der Waals surface area contributed by atoms with E-state index in [0.717, 1.165) is 16.6 Å². The van der Waals surface area contributed by atoms with Crippen LogP contribution in [0.3, 0.4) is 0 Å². The zero-order valence-corrected chi connectivity index (χ0v) is 16.5. The highest BCUT2D eigenvalue weighted by Crippen LogP contribution is 2.31. The van der Waals surface area contributed by atoms with E-state index in [9.17, 15) is 9.50 Å². The van der Waals surface area contributed by atoms with Crippen LogP contribution in [-0.4, -0.2) is 44.0 Å². The number of halogens is 2. The number of alkyl halides is 1. The molecule has 0 unspecified atom stereocenters. The predicted octanol–water partition coefficient (Wildman–Crippen LogP) is 3.77. The van der Waals surface area contributed by atoms with Crippen LogP contribution in [0.4, 0.5) is 15.9 Å². The molecule has 0 radical (unpaired) electrons. The van der Waals surface area contributed by atoms with Crippen LogP contribution < -0.4 is 4.90 Å². The van der Waals surface area contributed by atoms with Crippen molar-refractivity contribution in [1.82, 2.24) is 19.6 Å². The molecule has 1 atom stereocenters. The normalized spacial score (nSPS) is 13.1. The maximum Gasteiger partial charge on any atom is 0.257 e.